The Morgan fingerprint density at radius 2 is 1.96 bits per heavy atom. The first-order chi connectivity index (χ1) is 10.9. The number of benzene rings is 1. The molecule has 1 aliphatic heterocycles. The number of rotatable bonds is 4. The molecule has 0 saturated carbocycles. The monoisotopic (exact) mass is 335 g/mol. The standard InChI is InChI=1S/C16H21N3O3S/c1-9-12(15(20)19(2)3)13(18-16(23)17-9)10-7-6-8-11(21-4)14(10)22-5/h6-8,13H,1-5H3,(H2,17,18,23). The lowest BCUT2D eigenvalue weighted by Crippen LogP contribution is -2.46. The summed E-state index contributed by atoms with van der Waals surface area (Å²) in [5.41, 5.74) is 2.11. The molecule has 2 N–H and O–H groups in total. The van der Waals surface area contributed by atoms with Gasteiger partial charge in [0.15, 0.2) is 16.6 Å². The molecule has 1 aromatic carbocycles. The van der Waals surface area contributed by atoms with Gasteiger partial charge in [0.2, 0.25) is 0 Å². The number of thiocarbonyl (C=S) groups is 1. The first-order valence-corrected chi connectivity index (χ1v) is 7.52. The van der Waals surface area contributed by atoms with Crippen molar-refractivity contribution in [2.45, 2.75) is 13.0 Å². The summed E-state index contributed by atoms with van der Waals surface area (Å²) in [4.78, 5) is 14.2. The van der Waals surface area contributed by atoms with Gasteiger partial charge in [-0.15, -0.1) is 0 Å². The smallest absolute Gasteiger partial charge is 0.253 e. The van der Waals surface area contributed by atoms with Gasteiger partial charge >= 0.3 is 0 Å². The van der Waals surface area contributed by atoms with Crippen LogP contribution in [-0.2, 0) is 4.79 Å². The first-order valence-electron chi connectivity index (χ1n) is 7.11. The van der Waals surface area contributed by atoms with Crippen LogP contribution in [-0.4, -0.2) is 44.2 Å². The van der Waals surface area contributed by atoms with Crippen LogP contribution in [0, 0.1) is 0 Å². The molecule has 0 saturated heterocycles. The Balaban J connectivity index is 2.62. The molecule has 1 heterocycles. The molecule has 1 aliphatic rings. The summed E-state index contributed by atoms with van der Waals surface area (Å²) in [6, 6.07) is 5.15. The Morgan fingerprint density at radius 3 is 2.52 bits per heavy atom. The van der Waals surface area contributed by atoms with E-state index in [1.807, 2.05) is 25.1 Å². The Hall–Kier alpha value is -2.28. The molecule has 1 unspecified atom stereocenters. The fraction of sp³-hybridized carbons (Fsp3) is 0.375. The number of allylic oxidation sites excluding steroid dienone is 1. The lowest BCUT2D eigenvalue weighted by Gasteiger charge is -2.32. The minimum atomic E-state index is -0.413. The number of hydrogen-bond acceptors (Lipinski definition) is 4. The number of hydrogen-bond donors (Lipinski definition) is 2. The quantitative estimate of drug-likeness (QED) is 0.815. The van der Waals surface area contributed by atoms with E-state index < -0.39 is 6.04 Å². The largest absolute Gasteiger partial charge is 0.493 e. The third-order valence-corrected chi connectivity index (χ3v) is 3.87. The molecule has 0 radical (unpaired) electrons. The summed E-state index contributed by atoms with van der Waals surface area (Å²) in [5.74, 6) is 1.08. The summed E-state index contributed by atoms with van der Waals surface area (Å²) in [6.07, 6.45) is 0. The Morgan fingerprint density at radius 1 is 1.26 bits per heavy atom. The van der Waals surface area contributed by atoms with Crippen LogP contribution in [0.1, 0.15) is 18.5 Å². The molecule has 124 valence electrons. The second-order valence-electron chi connectivity index (χ2n) is 5.35. The molecular formula is C16H21N3O3S. The molecule has 0 bridgehead atoms. The molecule has 23 heavy (non-hydrogen) atoms. The van der Waals surface area contributed by atoms with Crippen LogP contribution < -0.4 is 20.1 Å². The van der Waals surface area contributed by atoms with Gasteiger partial charge in [-0.2, -0.15) is 0 Å². The van der Waals surface area contributed by atoms with Crippen LogP contribution in [0.5, 0.6) is 11.5 Å². The predicted molar refractivity (Wildman–Crippen MR) is 92.6 cm³/mol. The van der Waals surface area contributed by atoms with Gasteiger partial charge in [0.05, 0.1) is 25.8 Å². The first kappa shape index (κ1) is 17.1. The number of para-hydroxylation sites is 1. The van der Waals surface area contributed by atoms with Crippen molar-refractivity contribution in [3.8, 4) is 11.5 Å². The molecule has 1 amide bonds. The minimum Gasteiger partial charge on any atom is -0.493 e. The zero-order chi connectivity index (χ0) is 17.1. The molecule has 1 atom stereocenters. The van der Waals surface area contributed by atoms with Crippen molar-refractivity contribution in [2.24, 2.45) is 0 Å². The topological polar surface area (TPSA) is 62.8 Å². The van der Waals surface area contributed by atoms with Gasteiger partial charge in [-0.3, -0.25) is 4.79 Å². The molecular weight excluding hydrogens is 314 g/mol. The maximum Gasteiger partial charge on any atom is 0.253 e. The highest BCUT2D eigenvalue weighted by Crippen LogP contribution is 2.39. The van der Waals surface area contributed by atoms with Crippen molar-refractivity contribution in [1.82, 2.24) is 15.5 Å². The van der Waals surface area contributed by atoms with Crippen LogP contribution >= 0.6 is 12.2 Å². The van der Waals surface area contributed by atoms with Crippen molar-refractivity contribution in [3.05, 3.63) is 35.0 Å². The normalized spacial score (nSPS) is 17.3. The average Bonchev–Trinajstić information content (AvgIpc) is 2.52. The van der Waals surface area contributed by atoms with E-state index in [2.05, 4.69) is 10.6 Å². The molecule has 0 spiro atoms. The van der Waals surface area contributed by atoms with E-state index in [-0.39, 0.29) is 5.91 Å². The number of ether oxygens (including phenoxy) is 2. The number of nitrogens with zero attached hydrogens (tertiary/aromatic N) is 1. The summed E-state index contributed by atoms with van der Waals surface area (Å²) in [6.45, 7) is 1.84. The number of carbonyl (C=O) groups is 1. The Kier molecular flexibility index (Phi) is 5.10. The van der Waals surface area contributed by atoms with E-state index in [0.29, 0.717) is 22.2 Å². The summed E-state index contributed by atoms with van der Waals surface area (Å²) in [7, 11) is 6.59. The van der Waals surface area contributed by atoms with Gasteiger partial charge in [-0.1, -0.05) is 12.1 Å². The molecule has 1 aromatic rings. The molecule has 7 heteroatoms. The second kappa shape index (κ2) is 6.87. The summed E-state index contributed by atoms with van der Waals surface area (Å²) < 4.78 is 10.9. The van der Waals surface area contributed by atoms with E-state index in [1.54, 1.807) is 28.3 Å². The van der Waals surface area contributed by atoms with Gasteiger partial charge in [-0.05, 0) is 25.2 Å². The number of nitrogens with one attached hydrogen (secondary N) is 2. The summed E-state index contributed by atoms with van der Waals surface area (Å²) >= 11 is 5.25. The maximum atomic E-state index is 12.6. The van der Waals surface area contributed by atoms with E-state index in [1.165, 1.54) is 4.90 Å². The molecule has 0 aromatic heterocycles. The highest BCUT2D eigenvalue weighted by atomic mass is 32.1. The van der Waals surface area contributed by atoms with Crippen LogP contribution in [0.2, 0.25) is 0 Å². The summed E-state index contributed by atoms with van der Waals surface area (Å²) in [5, 5.41) is 6.63. The molecule has 0 aliphatic carbocycles. The van der Waals surface area contributed by atoms with Crippen LogP contribution in [0.3, 0.4) is 0 Å². The molecule has 6 nitrogen and oxygen atoms in total. The fourth-order valence-corrected chi connectivity index (χ4v) is 2.86. The third kappa shape index (κ3) is 3.24. The Labute approximate surface area is 141 Å². The van der Waals surface area contributed by atoms with Crippen molar-refractivity contribution < 1.29 is 14.3 Å². The minimum absolute atomic E-state index is 0.0973. The van der Waals surface area contributed by atoms with Crippen LogP contribution in [0.15, 0.2) is 29.5 Å². The third-order valence-electron chi connectivity index (χ3n) is 3.65. The van der Waals surface area contributed by atoms with Gasteiger partial charge in [-0.25, -0.2) is 0 Å². The highest BCUT2D eigenvalue weighted by molar-refractivity contribution is 7.80. The van der Waals surface area contributed by atoms with Crippen LogP contribution in [0.25, 0.3) is 0 Å². The number of carbonyl (C=O) groups excluding carboxylic acids is 1. The zero-order valence-corrected chi connectivity index (χ0v) is 14.7. The number of methoxy groups -OCH3 is 2. The van der Waals surface area contributed by atoms with Gasteiger partial charge in [0, 0.05) is 25.4 Å². The number of likely N-dealkylation sites (N-methyl/N-ethyl adjacent to an activating group) is 1. The Bertz CT molecular complexity index is 671. The lowest BCUT2D eigenvalue weighted by atomic mass is 9.93. The zero-order valence-electron chi connectivity index (χ0n) is 13.9. The lowest BCUT2D eigenvalue weighted by molar-refractivity contribution is -0.125. The van der Waals surface area contributed by atoms with Gasteiger partial charge < -0.3 is 25.0 Å². The van der Waals surface area contributed by atoms with E-state index in [9.17, 15) is 4.79 Å². The second-order valence-corrected chi connectivity index (χ2v) is 5.76. The van der Waals surface area contributed by atoms with Gasteiger partial charge in [0.1, 0.15) is 0 Å². The van der Waals surface area contributed by atoms with Crippen LogP contribution in [0.4, 0.5) is 0 Å². The molecule has 0 fully saturated rings. The SMILES string of the molecule is COc1cccc(C2NC(=S)NC(C)=C2C(=O)N(C)C)c1OC. The van der Waals surface area contributed by atoms with E-state index >= 15 is 0 Å². The van der Waals surface area contributed by atoms with Crippen molar-refractivity contribution >= 4 is 23.2 Å². The average molecular weight is 335 g/mol. The maximum absolute atomic E-state index is 12.6. The predicted octanol–water partition coefficient (Wildman–Crippen LogP) is 1.58. The van der Waals surface area contributed by atoms with E-state index in [4.69, 9.17) is 21.7 Å². The van der Waals surface area contributed by atoms with Crippen molar-refractivity contribution in [2.75, 3.05) is 28.3 Å². The van der Waals surface area contributed by atoms with Gasteiger partial charge in [0.25, 0.3) is 5.91 Å². The fourth-order valence-electron chi connectivity index (χ4n) is 2.59. The van der Waals surface area contributed by atoms with E-state index in [0.717, 1.165) is 11.3 Å². The molecule has 2 rings (SSSR count). The highest BCUT2D eigenvalue weighted by Gasteiger charge is 2.33. The number of amides is 1. The van der Waals surface area contributed by atoms with Crippen molar-refractivity contribution in [1.29, 1.82) is 0 Å². The van der Waals surface area contributed by atoms with Crippen molar-refractivity contribution in [3.63, 3.8) is 0 Å².